The van der Waals surface area contributed by atoms with Crippen LogP contribution in [0.15, 0.2) is 60.7 Å². The molecule has 1 heteroatoms. The van der Waals surface area contributed by atoms with Crippen LogP contribution >= 0.6 is 0 Å². The van der Waals surface area contributed by atoms with Gasteiger partial charge in [0.05, 0.1) is 0 Å². The van der Waals surface area contributed by atoms with Gasteiger partial charge in [-0.1, -0.05) is 68.5 Å². The molecular weight excluding hydrogens is 232 g/mol. The van der Waals surface area contributed by atoms with Crippen LogP contribution in [-0.4, -0.2) is 0 Å². The van der Waals surface area contributed by atoms with Crippen molar-refractivity contribution in [2.75, 3.05) is 0 Å². The van der Waals surface area contributed by atoms with Crippen molar-refractivity contribution < 1.29 is 4.74 Å². The van der Waals surface area contributed by atoms with Crippen LogP contribution in [0.2, 0.25) is 0 Å². The molecule has 19 heavy (non-hydrogen) atoms. The van der Waals surface area contributed by atoms with E-state index in [0.717, 1.165) is 11.3 Å². The van der Waals surface area contributed by atoms with Crippen molar-refractivity contribution in [3.05, 3.63) is 71.8 Å². The fourth-order valence-corrected chi connectivity index (χ4v) is 1.64. The predicted molar refractivity (Wildman–Crippen MR) is 83.3 cm³/mol. The molecule has 0 aromatic heterocycles. The Morgan fingerprint density at radius 1 is 0.947 bits per heavy atom. The molecule has 2 aromatic rings. The molecule has 0 radical (unpaired) electrons. The molecule has 0 saturated carbocycles. The van der Waals surface area contributed by atoms with Crippen LogP contribution in [0, 0.1) is 0 Å². The van der Waals surface area contributed by atoms with Crippen molar-refractivity contribution in [1.82, 2.24) is 0 Å². The molecule has 0 fully saturated rings. The van der Waals surface area contributed by atoms with Gasteiger partial charge in [-0.25, -0.2) is 0 Å². The first-order valence-electron chi connectivity index (χ1n) is 6.78. The molecule has 0 spiro atoms. The zero-order chi connectivity index (χ0) is 13.9. The van der Waals surface area contributed by atoms with Crippen LogP contribution in [0.25, 0.3) is 6.08 Å². The number of allylic oxidation sites excluding steroid dienone is 1. The second kappa shape index (κ2) is 8.98. The normalized spacial score (nSPS) is 9.84. The summed E-state index contributed by atoms with van der Waals surface area (Å²) >= 11 is 0. The fourth-order valence-electron chi connectivity index (χ4n) is 1.64. The quantitative estimate of drug-likeness (QED) is 0.717. The highest BCUT2D eigenvalue weighted by Crippen LogP contribution is 2.16. The van der Waals surface area contributed by atoms with Crippen molar-refractivity contribution in [2.24, 2.45) is 0 Å². The zero-order valence-corrected chi connectivity index (χ0v) is 12.0. The molecule has 100 valence electrons. The van der Waals surface area contributed by atoms with Crippen LogP contribution in [0.3, 0.4) is 0 Å². The molecule has 0 bridgehead atoms. The van der Waals surface area contributed by atoms with Crippen LogP contribution in [0.1, 0.15) is 31.9 Å². The lowest BCUT2D eigenvalue weighted by Gasteiger charge is -2.06. The van der Waals surface area contributed by atoms with Gasteiger partial charge in [-0.05, 0) is 30.2 Å². The molecule has 0 saturated heterocycles. The Balaban J connectivity index is 0.000000861. The SMILES string of the molecule is C/C=C\c1cccc(OCc2ccccc2)c1.CC. The van der Waals surface area contributed by atoms with E-state index in [-0.39, 0.29) is 0 Å². The maximum atomic E-state index is 5.75. The second-order valence-electron chi connectivity index (χ2n) is 3.85. The summed E-state index contributed by atoms with van der Waals surface area (Å²) in [5.41, 5.74) is 2.35. The third-order valence-corrected chi connectivity index (χ3v) is 2.47. The Kier molecular flexibility index (Phi) is 7.11. The number of benzene rings is 2. The highest BCUT2D eigenvalue weighted by molar-refractivity contribution is 5.51. The summed E-state index contributed by atoms with van der Waals surface area (Å²) < 4.78 is 5.75. The molecule has 0 amide bonds. The summed E-state index contributed by atoms with van der Waals surface area (Å²) in [6.07, 6.45) is 4.09. The maximum absolute atomic E-state index is 5.75. The highest BCUT2D eigenvalue weighted by Gasteiger charge is 1.95. The van der Waals surface area contributed by atoms with E-state index in [4.69, 9.17) is 4.74 Å². The molecule has 2 rings (SSSR count). The van der Waals surface area contributed by atoms with Gasteiger partial charge in [0.15, 0.2) is 0 Å². The minimum Gasteiger partial charge on any atom is -0.489 e. The van der Waals surface area contributed by atoms with Crippen LogP contribution in [-0.2, 0) is 6.61 Å². The first-order valence-corrected chi connectivity index (χ1v) is 6.78. The fraction of sp³-hybridized carbons (Fsp3) is 0.222. The van der Waals surface area contributed by atoms with Crippen LogP contribution < -0.4 is 4.74 Å². The molecule has 0 aliphatic carbocycles. The average Bonchev–Trinajstić information content (AvgIpc) is 2.49. The summed E-state index contributed by atoms with van der Waals surface area (Å²) in [7, 11) is 0. The number of rotatable bonds is 4. The lowest BCUT2D eigenvalue weighted by molar-refractivity contribution is 0.306. The van der Waals surface area contributed by atoms with Gasteiger partial charge in [-0.15, -0.1) is 0 Å². The lowest BCUT2D eigenvalue weighted by atomic mass is 10.2. The monoisotopic (exact) mass is 254 g/mol. The molecule has 0 unspecified atom stereocenters. The smallest absolute Gasteiger partial charge is 0.120 e. The predicted octanol–water partition coefficient (Wildman–Crippen LogP) is 5.32. The van der Waals surface area contributed by atoms with Gasteiger partial charge in [0, 0.05) is 0 Å². The largest absolute Gasteiger partial charge is 0.489 e. The minimum absolute atomic E-state index is 0.611. The van der Waals surface area contributed by atoms with E-state index in [0.29, 0.717) is 6.61 Å². The summed E-state index contributed by atoms with van der Waals surface area (Å²) in [6, 6.07) is 18.3. The van der Waals surface area contributed by atoms with E-state index in [2.05, 4.69) is 24.3 Å². The highest BCUT2D eigenvalue weighted by atomic mass is 16.5. The van der Waals surface area contributed by atoms with Gasteiger partial charge in [0.1, 0.15) is 12.4 Å². The molecule has 0 atom stereocenters. The molecule has 0 N–H and O–H groups in total. The third-order valence-electron chi connectivity index (χ3n) is 2.47. The molecule has 1 nitrogen and oxygen atoms in total. The van der Waals surface area contributed by atoms with E-state index in [9.17, 15) is 0 Å². The molecule has 2 aromatic carbocycles. The van der Waals surface area contributed by atoms with E-state index >= 15 is 0 Å². The van der Waals surface area contributed by atoms with Gasteiger partial charge in [0.25, 0.3) is 0 Å². The van der Waals surface area contributed by atoms with Gasteiger partial charge < -0.3 is 4.74 Å². The van der Waals surface area contributed by atoms with Crippen molar-refractivity contribution in [3.8, 4) is 5.75 Å². The van der Waals surface area contributed by atoms with Gasteiger partial charge in [0.2, 0.25) is 0 Å². The number of ether oxygens (including phenoxy) is 1. The van der Waals surface area contributed by atoms with E-state index in [1.165, 1.54) is 5.56 Å². The number of hydrogen-bond donors (Lipinski definition) is 0. The third kappa shape index (κ3) is 5.43. The maximum Gasteiger partial charge on any atom is 0.120 e. The summed E-state index contributed by atoms with van der Waals surface area (Å²) in [5, 5.41) is 0. The average molecular weight is 254 g/mol. The van der Waals surface area contributed by atoms with Crippen molar-refractivity contribution >= 4 is 6.08 Å². The minimum atomic E-state index is 0.611. The Bertz CT molecular complexity index is 486. The van der Waals surface area contributed by atoms with Gasteiger partial charge in [-0.3, -0.25) is 0 Å². The van der Waals surface area contributed by atoms with Crippen molar-refractivity contribution in [3.63, 3.8) is 0 Å². The first kappa shape index (κ1) is 15.0. The van der Waals surface area contributed by atoms with E-state index in [1.54, 1.807) is 0 Å². The van der Waals surface area contributed by atoms with Crippen LogP contribution in [0.4, 0.5) is 0 Å². The number of hydrogen-bond acceptors (Lipinski definition) is 1. The lowest BCUT2D eigenvalue weighted by Crippen LogP contribution is -1.94. The van der Waals surface area contributed by atoms with Crippen molar-refractivity contribution in [1.29, 1.82) is 0 Å². The summed E-state index contributed by atoms with van der Waals surface area (Å²) in [5.74, 6) is 0.907. The zero-order valence-electron chi connectivity index (χ0n) is 12.0. The van der Waals surface area contributed by atoms with Gasteiger partial charge >= 0.3 is 0 Å². The molecule has 0 aliphatic rings. The summed E-state index contributed by atoms with van der Waals surface area (Å²) in [4.78, 5) is 0. The Labute approximate surface area is 116 Å². The molecule has 0 aliphatic heterocycles. The summed E-state index contributed by atoms with van der Waals surface area (Å²) in [6.45, 7) is 6.62. The second-order valence-corrected chi connectivity index (χ2v) is 3.85. The van der Waals surface area contributed by atoms with Crippen molar-refractivity contribution in [2.45, 2.75) is 27.4 Å². The van der Waals surface area contributed by atoms with E-state index in [1.807, 2.05) is 63.2 Å². The van der Waals surface area contributed by atoms with Crippen LogP contribution in [0.5, 0.6) is 5.75 Å². The Morgan fingerprint density at radius 3 is 2.37 bits per heavy atom. The topological polar surface area (TPSA) is 9.23 Å². The molecular formula is C18H22O. The first-order chi connectivity index (χ1) is 9.38. The standard InChI is InChI=1S/C16H16O.C2H6/c1-2-7-14-10-6-11-16(12-14)17-13-15-8-4-3-5-9-15;1-2/h2-12H,13H2,1H3;1-2H3/b7-2-;. The van der Waals surface area contributed by atoms with E-state index < -0.39 is 0 Å². The Hall–Kier alpha value is -2.02. The van der Waals surface area contributed by atoms with Gasteiger partial charge in [-0.2, -0.15) is 0 Å². The molecule has 0 heterocycles. The Morgan fingerprint density at radius 2 is 1.68 bits per heavy atom.